The van der Waals surface area contributed by atoms with E-state index in [0.29, 0.717) is 17.2 Å². The van der Waals surface area contributed by atoms with Crippen LogP contribution in [0.5, 0.6) is 11.5 Å². The lowest BCUT2D eigenvalue weighted by Crippen LogP contribution is -2.40. The molecule has 4 rings (SSSR count). The molecule has 0 saturated carbocycles. The summed E-state index contributed by atoms with van der Waals surface area (Å²) in [5.41, 5.74) is 2.23. The number of carbonyl (C=O) groups excluding carboxylic acids is 1. The lowest BCUT2D eigenvalue weighted by Gasteiger charge is -2.22. The summed E-state index contributed by atoms with van der Waals surface area (Å²) in [4.78, 5) is 16.6. The normalized spacial score (nSPS) is 11.1. The van der Waals surface area contributed by atoms with Gasteiger partial charge in [0, 0.05) is 24.6 Å². The molecule has 0 saturated heterocycles. The second kappa shape index (κ2) is 10.2. The van der Waals surface area contributed by atoms with Gasteiger partial charge in [-0.3, -0.25) is 9.10 Å². The molecule has 1 heterocycles. The minimum absolute atomic E-state index is 0.282. The summed E-state index contributed by atoms with van der Waals surface area (Å²) in [6.45, 7) is -0.0463. The molecule has 1 N–H and O–H groups in total. The molecule has 0 aliphatic heterocycles. The monoisotopic (exact) mass is 476 g/mol. The highest BCUT2D eigenvalue weighted by Crippen LogP contribution is 2.25. The Bertz CT molecular complexity index is 1320. The third kappa shape index (κ3) is 6.02. The standard InChI is InChI=1S/C25H24N4O4S/c1-34(31,32)29(22-11-13-24(14-12-22)33-23-5-3-2-4-6-23)18-25(30)27-17-20-7-9-21(10-8-20)28-16-15-26-19-28/h2-16,19H,17-18H2,1H3,(H,27,30). The van der Waals surface area contributed by atoms with Crippen molar-refractivity contribution in [3.63, 3.8) is 0 Å². The Kier molecular flexibility index (Phi) is 6.93. The lowest BCUT2D eigenvalue weighted by atomic mass is 10.2. The Hall–Kier alpha value is -4.11. The molecule has 34 heavy (non-hydrogen) atoms. The molecule has 9 heteroatoms. The van der Waals surface area contributed by atoms with Crippen molar-refractivity contribution in [2.75, 3.05) is 17.1 Å². The van der Waals surface area contributed by atoms with Gasteiger partial charge in [0.1, 0.15) is 18.0 Å². The number of para-hydroxylation sites is 1. The number of hydrogen-bond acceptors (Lipinski definition) is 5. The number of rotatable bonds is 9. The van der Waals surface area contributed by atoms with Crippen molar-refractivity contribution in [1.29, 1.82) is 0 Å². The maximum Gasteiger partial charge on any atom is 0.241 e. The van der Waals surface area contributed by atoms with Crippen molar-refractivity contribution in [3.05, 3.63) is 103 Å². The van der Waals surface area contributed by atoms with Crippen molar-refractivity contribution in [2.45, 2.75) is 6.54 Å². The van der Waals surface area contributed by atoms with E-state index in [9.17, 15) is 13.2 Å². The fourth-order valence-corrected chi connectivity index (χ4v) is 4.15. The molecule has 0 radical (unpaired) electrons. The number of sulfonamides is 1. The number of ether oxygens (including phenoxy) is 1. The van der Waals surface area contributed by atoms with E-state index < -0.39 is 15.9 Å². The van der Waals surface area contributed by atoms with Gasteiger partial charge in [0.2, 0.25) is 15.9 Å². The van der Waals surface area contributed by atoms with Crippen LogP contribution in [0.1, 0.15) is 5.56 Å². The third-order valence-corrected chi connectivity index (χ3v) is 6.16. The molecule has 0 fully saturated rings. The van der Waals surface area contributed by atoms with Crippen LogP contribution in [0, 0.1) is 0 Å². The van der Waals surface area contributed by atoms with Crippen LogP contribution >= 0.6 is 0 Å². The second-order valence-electron chi connectivity index (χ2n) is 7.59. The molecule has 0 bridgehead atoms. The van der Waals surface area contributed by atoms with Gasteiger partial charge < -0.3 is 14.6 Å². The van der Waals surface area contributed by atoms with E-state index in [0.717, 1.165) is 21.8 Å². The summed E-state index contributed by atoms with van der Waals surface area (Å²) in [5.74, 6) is 0.827. The van der Waals surface area contributed by atoms with Gasteiger partial charge in [-0.2, -0.15) is 0 Å². The minimum atomic E-state index is -3.68. The second-order valence-corrected chi connectivity index (χ2v) is 9.50. The first kappa shape index (κ1) is 23.1. The van der Waals surface area contributed by atoms with Gasteiger partial charge in [0.25, 0.3) is 0 Å². The zero-order chi connectivity index (χ0) is 24.0. The molecule has 0 unspecified atom stereocenters. The van der Waals surface area contributed by atoms with Crippen LogP contribution < -0.4 is 14.4 Å². The fraction of sp³-hybridized carbons (Fsp3) is 0.120. The van der Waals surface area contributed by atoms with Gasteiger partial charge in [0.15, 0.2) is 0 Å². The molecule has 0 aliphatic carbocycles. The summed E-state index contributed by atoms with van der Waals surface area (Å²) in [6, 6.07) is 23.5. The van der Waals surface area contributed by atoms with E-state index in [1.165, 1.54) is 0 Å². The highest BCUT2D eigenvalue weighted by molar-refractivity contribution is 7.92. The zero-order valence-electron chi connectivity index (χ0n) is 18.5. The first-order valence-electron chi connectivity index (χ1n) is 10.5. The quantitative estimate of drug-likeness (QED) is 0.397. The molecule has 0 atom stereocenters. The average molecular weight is 477 g/mol. The molecular formula is C25H24N4O4S. The first-order valence-corrected chi connectivity index (χ1v) is 12.4. The molecule has 1 aromatic heterocycles. The number of anilines is 1. The van der Waals surface area contributed by atoms with E-state index in [4.69, 9.17) is 4.74 Å². The predicted octanol–water partition coefficient (Wildman–Crippen LogP) is 3.75. The highest BCUT2D eigenvalue weighted by atomic mass is 32.2. The van der Waals surface area contributed by atoms with E-state index >= 15 is 0 Å². The minimum Gasteiger partial charge on any atom is -0.457 e. The molecular weight excluding hydrogens is 452 g/mol. The van der Waals surface area contributed by atoms with Gasteiger partial charge in [-0.1, -0.05) is 30.3 Å². The summed E-state index contributed by atoms with van der Waals surface area (Å²) in [6.07, 6.45) is 6.32. The van der Waals surface area contributed by atoms with Crippen LogP contribution in [-0.2, 0) is 21.4 Å². The van der Waals surface area contributed by atoms with Crippen LogP contribution in [0.25, 0.3) is 5.69 Å². The molecule has 0 aliphatic rings. The third-order valence-electron chi connectivity index (χ3n) is 5.02. The highest BCUT2D eigenvalue weighted by Gasteiger charge is 2.21. The number of carbonyl (C=O) groups is 1. The van der Waals surface area contributed by atoms with Crippen molar-refractivity contribution in [1.82, 2.24) is 14.9 Å². The first-order chi connectivity index (χ1) is 16.4. The molecule has 174 valence electrons. The molecule has 4 aromatic rings. The number of nitrogens with one attached hydrogen (secondary N) is 1. The number of imidazole rings is 1. The van der Waals surface area contributed by atoms with Crippen molar-refractivity contribution in [3.8, 4) is 17.2 Å². The van der Waals surface area contributed by atoms with E-state index in [1.54, 1.807) is 36.8 Å². The van der Waals surface area contributed by atoms with Crippen LogP contribution in [0.3, 0.4) is 0 Å². The number of nitrogens with zero attached hydrogens (tertiary/aromatic N) is 3. The Morgan fingerprint density at radius 2 is 1.65 bits per heavy atom. The molecule has 8 nitrogen and oxygen atoms in total. The summed E-state index contributed by atoms with van der Waals surface area (Å²) < 4.78 is 33.4. The van der Waals surface area contributed by atoms with Gasteiger partial charge in [-0.15, -0.1) is 0 Å². The van der Waals surface area contributed by atoms with Gasteiger partial charge in [-0.25, -0.2) is 13.4 Å². The van der Waals surface area contributed by atoms with E-state index in [-0.39, 0.29) is 13.1 Å². The van der Waals surface area contributed by atoms with Crippen molar-refractivity contribution in [2.24, 2.45) is 0 Å². The van der Waals surface area contributed by atoms with Crippen molar-refractivity contribution >= 4 is 21.6 Å². The zero-order valence-corrected chi connectivity index (χ0v) is 19.4. The molecule has 1 amide bonds. The van der Waals surface area contributed by atoms with Crippen molar-refractivity contribution < 1.29 is 17.9 Å². The maximum absolute atomic E-state index is 12.6. The fourth-order valence-electron chi connectivity index (χ4n) is 3.29. The largest absolute Gasteiger partial charge is 0.457 e. The molecule has 0 spiro atoms. The summed E-state index contributed by atoms with van der Waals surface area (Å²) in [7, 11) is -3.68. The lowest BCUT2D eigenvalue weighted by molar-refractivity contribution is -0.119. The predicted molar refractivity (Wildman–Crippen MR) is 131 cm³/mol. The number of benzene rings is 3. The Balaban J connectivity index is 1.38. The Morgan fingerprint density at radius 1 is 0.971 bits per heavy atom. The van der Waals surface area contributed by atoms with Crippen LogP contribution in [0.2, 0.25) is 0 Å². The topological polar surface area (TPSA) is 93.5 Å². The molecule has 3 aromatic carbocycles. The SMILES string of the molecule is CS(=O)(=O)N(CC(=O)NCc1ccc(-n2ccnc2)cc1)c1ccc(Oc2ccccc2)cc1. The van der Waals surface area contributed by atoms with Gasteiger partial charge in [0.05, 0.1) is 18.3 Å². The van der Waals surface area contributed by atoms with Gasteiger partial charge in [-0.05, 0) is 54.1 Å². The summed E-state index contributed by atoms with van der Waals surface area (Å²) in [5, 5.41) is 2.78. The number of amides is 1. The number of aromatic nitrogens is 2. The van der Waals surface area contributed by atoms with Crippen LogP contribution in [0.4, 0.5) is 5.69 Å². The van der Waals surface area contributed by atoms with E-state index in [2.05, 4.69) is 10.3 Å². The van der Waals surface area contributed by atoms with E-state index in [1.807, 2.05) is 65.4 Å². The summed E-state index contributed by atoms with van der Waals surface area (Å²) >= 11 is 0. The smallest absolute Gasteiger partial charge is 0.241 e. The van der Waals surface area contributed by atoms with Crippen LogP contribution in [0.15, 0.2) is 97.6 Å². The number of hydrogen-bond donors (Lipinski definition) is 1. The average Bonchev–Trinajstić information content (AvgIpc) is 3.37. The Morgan fingerprint density at radius 3 is 2.26 bits per heavy atom. The van der Waals surface area contributed by atoms with Crippen LogP contribution in [-0.4, -0.2) is 36.7 Å². The maximum atomic E-state index is 12.6. The van der Waals surface area contributed by atoms with Gasteiger partial charge >= 0.3 is 0 Å². The Labute approximate surface area is 198 Å².